The molecule has 0 aliphatic heterocycles. The zero-order chi connectivity index (χ0) is 16.3. The van der Waals surface area contributed by atoms with E-state index in [0.717, 1.165) is 11.5 Å². The maximum Gasteiger partial charge on any atom is 0.256 e. The summed E-state index contributed by atoms with van der Waals surface area (Å²) in [5, 5.41) is 2.65. The minimum atomic E-state index is -0.663. The Kier molecular flexibility index (Phi) is 4.92. The molecule has 1 aromatic carbocycles. The van der Waals surface area contributed by atoms with Crippen LogP contribution >= 0.6 is 11.6 Å². The molecule has 0 unspecified atom stereocenters. The summed E-state index contributed by atoms with van der Waals surface area (Å²) in [5.74, 6) is -0.0751. The molecule has 5 nitrogen and oxygen atoms in total. The van der Waals surface area contributed by atoms with Gasteiger partial charge in [-0.2, -0.15) is 0 Å². The summed E-state index contributed by atoms with van der Waals surface area (Å²) in [6.45, 7) is 1.93. The highest BCUT2D eigenvalue weighted by atomic mass is 35.5. The van der Waals surface area contributed by atoms with Gasteiger partial charge in [-0.3, -0.25) is 4.79 Å². The van der Waals surface area contributed by atoms with Crippen molar-refractivity contribution < 1.29 is 9.18 Å². The smallest absolute Gasteiger partial charge is 0.256 e. The van der Waals surface area contributed by atoms with Crippen LogP contribution in [0.15, 0.2) is 24.3 Å². The Morgan fingerprint density at radius 1 is 1.36 bits per heavy atom. The Labute approximate surface area is 133 Å². The van der Waals surface area contributed by atoms with E-state index in [-0.39, 0.29) is 17.1 Å². The van der Waals surface area contributed by atoms with Gasteiger partial charge in [0.2, 0.25) is 0 Å². The summed E-state index contributed by atoms with van der Waals surface area (Å²) in [6, 6.07) is 5.93. The third kappa shape index (κ3) is 3.71. The second kappa shape index (κ2) is 6.70. The van der Waals surface area contributed by atoms with Crippen molar-refractivity contribution in [1.82, 2.24) is 15.3 Å². The van der Waals surface area contributed by atoms with Gasteiger partial charge in [-0.1, -0.05) is 17.7 Å². The number of rotatable bonds is 4. The molecule has 2 aromatic rings. The van der Waals surface area contributed by atoms with Gasteiger partial charge in [-0.15, -0.1) is 0 Å². The van der Waals surface area contributed by atoms with Crippen LogP contribution in [0.4, 0.5) is 10.2 Å². The quantitative estimate of drug-likeness (QED) is 0.940. The molecule has 1 aromatic heterocycles. The number of nitrogens with one attached hydrogen (secondary N) is 1. The highest BCUT2D eigenvalue weighted by Crippen LogP contribution is 2.18. The lowest BCUT2D eigenvalue weighted by atomic mass is 10.2. The number of carbonyl (C=O) groups is 1. The molecule has 7 heteroatoms. The summed E-state index contributed by atoms with van der Waals surface area (Å²) < 4.78 is 13.7. The zero-order valence-electron chi connectivity index (χ0n) is 12.5. The van der Waals surface area contributed by atoms with Crippen molar-refractivity contribution in [2.24, 2.45) is 0 Å². The van der Waals surface area contributed by atoms with E-state index < -0.39 is 11.7 Å². The van der Waals surface area contributed by atoms with Crippen molar-refractivity contribution in [2.75, 3.05) is 19.0 Å². The standard InChI is InChI=1S/C15H16ClFN4O/c1-9-7-13(21(2)3)20-12(19-9)8-18-15(22)14-10(16)5-4-6-11(14)17/h4-7H,8H2,1-3H3,(H,18,22). The molecule has 0 atom stereocenters. The summed E-state index contributed by atoms with van der Waals surface area (Å²) in [7, 11) is 3.73. The van der Waals surface area contributed by atoms with Crippen LogP contribution in [-0.4, -0.2) is 30.0 Å². The summed E-state index contributed by atoms with van der Waals surface area (Å²) >= 11 is 5.86. The van der Waals surface area contributed by atoms with Crippen LogP contribution < -0.4 is 10.2 Å². The van der Waals surface area contributed by atoms with E-state index in [1.165, 1.54) is 18.2 Å². The van der Waals surface area contributed by atoms with Gasteiger partial charge in [-0.25, -0.2) is 14.4 Å². The molecule has 1 amide bonds. The number of nitrogens with zero attached hydrogens (tertiary/aromatic N) is 3. The fraction of sp³-hybridized carbons (Fsp3) is 0.267. The van der Waals surface area contributed by atoms with E-state index in [2.05, 4.69) is 15.3 Å². The van der Waals surface area contributed by atoms with Crippen LogP contribution in [0.5, 0.6) is 0 Å². The van der Waals surface area contributed by atoms with Crippen molar-refractivity contribution in [3.8, 4) is 0 Å². The lowest BCUT2D eigenvalue weighted by molar-refractivity contribution is 0.0946. The molecule has 0 bridgehead atoms. The average molecular weight is 323 g/mol. The molecule has 0 fully saturated rings. The maximum absolute atomic E-state index is 13.7. The van der Waals surface area contributed by atoms with Crippen LogP contribution in [0.1, 0.15) is 21.9 Å². The van der Waals surface area contributed by atoms with Crippen LogP contribution in [0.3, 0.4) is 0 Å². The molecule has 22 heavy (non-hydrogen) atoms. The zero-order valence-corrected chi connectivity index (χ0v) is 13.3. The van der Waals surface area contributed by atoms with Gasteiger partial charge in [0.15, 0.2) is 0 Å². The first-order chi connectivity index (χ1) is 10.4. The molecule has 0 saturated heterocycles. The van der Waals surface area contributed by atoms with E-state index in [1.54, 1.807) is 0 Å². The highest BCUT2D eigenvalue weighted by Gasteiger charge is 2.16. The predicted molar refractivity (Wildman–Crippen MR) is 83.7 cm³/mol. The molecule has 116 valence electrons. The van der Waals surface area contributed by atoms with Crippen molar-refractivity contribution in [2.45, 2.75) is 13.5 Å². The summed E-state index contributed by atoms with van der Waals surface area (Å²) in [4.78, 5) is 22.5. The normalized spacial score (nSPS) is 10.4. The van der Waals surface area contributed by atoms with E-state index in [1.807, 2.05) is 32.0 Å². The van der Waals surface area contributed by atoms with Crippen LogP contribution in [-0.2, 0) is 6.54 Å². The summed E-state index contributed by atoms with van der Waals surface area (Å²) in [5.41, 5.74) is 0.608. The fourth-order valence-corrected chi connectivity index (χ4v) is 2.13. The Morgan fingerprint density at radius 2 is 2.09 bits per heavy atom. The largest absolute Gasteiger partial charge is 0.363 e. The first kappa shape index (κ1) is 16.2. The lowest BCUT2D eigenvalue weighted by Gasteiger charge is -2.13. The van der Waals surface area contributed by atoms with E-state index in [4.69, 9.17) is 11.6 Å². The first-order valence-electron chi connectivity index (χ1n) is 6.62. The minimum absolute atomic E-state index is 0.0663. The number of carbonyl (C=O) groups excluding carboxylic acids is 1. The predicted octanol–water partition coefficient (Wildman–Crippen LogP) is 2.57. The Hall–Kier alpha value is -2.21. The highest BCUT2D eigenvalue weighted by molar-refractivity contribution is 6.33. The third-order valence-corrected chi connectivity index (χ3v) is 3.26. The summed E-state index contributed by atoms with van der Waals surface area (Å²) in [6.07, 6.45) is 0. The van der Waals surface area contributed by atoms with E-state index in [0.29, 0.717) is 5.82 Å². The van der Waals surface area contributed by atoms with Gasteiger partial charge < -0.3 is 10.2 Å². The molecule has 0 aliphatic rings. The fourth-order valence-electron chi connectivity index (χ4n) is 1.88. The number of halogens is 2. The Morgan fingerprint density at radius 3 is 2.73 bits per heavy atom. The van der Waals surface area contributed by atoms with Gasteiger partial charge >= 0.3 is 0 Å². The molecule has 0 saturated carbocycles. The average Bonchev–Trinajstić information content (AvgIpc) is 2.44. The van der Waals surface area contributed by atoms with Gasteiger partial charge in [0, 0.05) is 25.9 Å². The third-order valence-electron chi connectivity index (χ3n) is 2.94. The number of anilines is 1. The number of aromatic nitrogens is 2. The number of benzene rings is 1. The molecule has 0 aliphatic carbocycles. The number of hydrogen-bond donors (Lipinski definition) is 1. The van der Waals surface area contributed by atoms with Crippen molar-refractivity contribution >= 4 is 23.3 Å². The van der Waals surface area contributed by atoms with Gasteiger partial charge in [0.05, 0.1) is 17.1 Å². The van der Waals surface area contributed by atoms with Crippen LogP contribution in [0, 0.1) is 12.7 Å². The molecular formula is C15H16ClFN4O. The van der Waals surface area contributed by atoms with E-state index >= 15 is 0 Å². The van der Waals surface area contributed by atoms with E-state index in [9.17, 15) is 9.18 Å². The number of aryl methyl sites for hydroxylation is 1. The lowest BCUT2D eigenvalue weighted by Crippen LogP contribution is -2.26. The maximum atomic E-state index is 13.7. The molecular weight excluding hydrogens is 307 g/mol. The molecule has 0 spiro atoms. The topological polar surface area (TPSA) is 58.1 Å². The number of amides is 1. The monoisotopic (exact) mass is 322 g/mol. The van der Waals surface area contributed by atoms with Gasteiger partial charge in [0.25, 0.3) is 5.91 Å². The second-order valence-electron chi connectivity index (χ2n) is 4.96. The van der Waals surface area contributed by atoms with Gasteiger partial charge in [-0.05, 0) is 19.1 Å². The molecule has 1 N–H and O–H groups in total. The number of hydrogen-bond acceptors (Lipinski definition) is 4. The molecule has 0 radical (unpaired) electrons. The molecule has 2 rings (SSSR count). The Bertz CT molecular complexity index is 686. The first-order valence-corrected chi connectivity index (χ1v) is 7.00. The Balaban J connectivity index is 2.15. The van der Waals surface area contributed by atoms with Crippen LogP contribution in [0.2, 0.25) is 5.02 Å². The second-order valence-corrected chi connectivity index (χ2v) is 5.36. The van der Waals surface area contributed by atoms with Crippen molar-refractivity contribution in [3.05, 3.63) is 52.2 Å². The van der Waals surface area contributed by atoms with Crippen molar-refractivity contribution in [1.29, 1.82) is 0 Å². The van der Waals surface area contributed by atoms with Gasteiger partial charge in [0.1, 0.15) is 17.5 Å². The SMILES string of the molecule is Cc1cc(N(C)C)nc(CNC(=O)c2c(F)cccc2Cl)n1. The van der Waals surface area contributed by atoms with Crippen molar-refractivity contribution in [3.63, 3.8) is 0 Å². The van der Waals surface area contributed by atoms with Crippen LogP contribution in [0.25, 0.3) is 0 Å². The minimum Gasteiger partial charge on any atom is -0.363 e. The molecule has 1 heterocycles.